The van der Waals surface area contributed by atoms with Crippen LogP contribution in [0.1, 0.15) is 18.3 Å². The fraction of sp³-hybridized carbons (Fsp3) is 0.667. The molecule has 0 radical (unpaired) electrons. The molecule has 1 aromatic heterocycles. The van der Waals surface area contributed by atoms with Crippen LogP contribution < -0.4 is 16.9 Å². The molecule has 0 aromatic carbocycles. The topological polar surface area (TPSA) is 115 Å². The smallest absolute Gasteiger partial charge is 0.240 e. The SMILES string of the molecule is Nc1nnc([C@@H]2C[C@H](O)CN2)n1N. The number of aromatic nitrogens is 3. The molecule has 0 bridgehead atoms. The summed E-state index contributed by atoms with van der Waals surface area (Å²) in [5.41, 5.74) is 5.42. The van der Waals surface area contributed by atoms with Crippen molar-refractivity contribution < 1.29 is 5.11 Å². The minimum absolute atomic E-state index is 0.0511. The summed E-state index contributed by atoms with van der Waals surface area (Å²) in [6.45, 7) is 0.553. The number of anilines is 1. The van der Waals surface area contributed by atoms with E-state index < -0.39 is 0 Å². The lowest BCUT2D eigenvalue weighted by Gasteiger charge is -2.07. The fourth-order valence-electron chi connectivity index (χ4n) is 1.47. The van der Waals surface area contributed by atoms with Gasteiger partial charge < -0.3 is 22.0 Å². The lowest BCUT2D eigenvalue weighted by Crippen LogP contribution is -2.23. The molecule has 0 amide bonds. The highest BCUT2D eigenvalue weighted by atomic mass is 16.3. The predicted molar refractivity (Wildman–Crippen MR) is 46.0 cm³/mol. The van der Waals surface area contributed by atoms with E-state index in [2.05, 4.69) is 15.5 Å². The number of aliphatic hydroxyl groups excluding tert-OH is 1. The average molecular weight is 184 g/mol. The number of nitrogens with zero attached hydrogens (tertiary/aromatic N) is 3. The van der Waals surface area contributed by atoms with Gasteiger partial charge >= 0.3 is 0 Å². The quantitative estimate of drug-likeness (QED) is 0.374. The summed E-state index contributed by atoms with van der Waals surface area (Å²) < 4.78 is 1.23. The van der Waals surface area contributed by atoms with Gasteiger partial charge in [-0.2, -0.15) is 0 Å². The molecule has 2 heterocycles. The van der Waals surface area contributed by atoms with Gasteiger partial charge in [-0.05, 0) is 6.42 Å². The average Bonchev–Trinajstić information content (AvgIpc) is 2.62. The highest BCUT2D eigenvalue weighted by Gasteiger charge is 2.27. The van der Waals surface area contributed by atoms with Crippen LogP contribution in [0, 0.1) is 0 Å². The first kappa shape index (κ1) is 8.27. The molecule has 2 rings (SSSR count). The van der Waals surface area contributed by atoms with Crippen LogP contribution in [0.4, 0.5) is 5.95 Å². The van der Waals surface area contributed by atoms with E-state index in [0.717, 1.165) is 0 Å². The Labute approximate surface area is 74.7 Å². The molecule has 7 heteroatoms. The second kappa shape index (κ2) is 2.86. The molecule has 0 saturated carbocycles. The van der Waals surface area contributed by atoms with Crippen molar-refractivity contribution in [3.63, 3.8) is 0 Å². The highest BCUT2D eigenvalue weighted by Crippen LogP contribution is 2.21. The van der Waals surface area contributed by atoms with Gasteiger partial charge in [0.25, 0.3) is 0 Å². The van der Waals surface area contributed by atoms with Gasteiger partial charge in [-0.25, -0.2) is 4.68 Å². The van der Waals surface area contributed by atoms with Crippen LogP contribution >= 0.6 is 0 Å². The Morgan fingerprint density at radius 2 is 2.31 bits per heavy atom. The third-order valence-corrected chi connectivity index (χ3v) is 2.17. The first-order valence-corrected chi connectivity index (χ1v) is 4.06. The Balaban J connectivity index is 2.21. The van der Waals surface area contributed by atoms with Crippen molar-refractivity contribution in [2.24, 2.45) is 0 Å². The van der Waals surface area contributed by atoms with E-state index in [4.69, 9.17) is 11.6 Å². The van der Waals surface area contributed by atoms with Crippen LogP contribution in [0.2, 0.25) is 0 Å². The number of hydrogen-bond acceptors (Lipinski definition) is 6. The number of aliphatic hydroxyl groups is 1. The Morgan fingerprint density at radius 3 is 2.77 bits per heavy atom. The number of β-amino-alcohol motifs (C(OH)–C–C–N with tert-alkyl or cyclic N) is 1. The number of nitrogen functional groups attached to an aromatic ring is 2. The monoisotopic (exact) mass is 184 g/mol. The molecule has 1 aliphatic heterocycles. The zero-order valence-corrected chi connectivity index (χ0v) is 7.01. The summed E-state index contributed by atoms with van der Waals surface area (Å²) in [6, 6.07) is -0.0511. The van der Waals surface area contributed by atoms with Crippen LogP contribution in [0.25, 0.3) is 0 Å². The fourth-order valence-corrected chi connectivity index (χ4v) is 1.47. The van der Waals surface area contributed by atoms with Crippen molar-refractivity contribution in [1.82, 2.24) is 20.2 Å². The van der Waals surface area contributed by atoms with Crippen molar-refractivity contribution >= 4 is 5.95 Å². The zero-order valence-electron chi connectivity index (χ0n) is 7.01. The maximum atomic E-state index is 9.27. The number of nitrogens with two attached hydrogens (primary N) is 2. The van der Waals surface area contributed by atoms with Crippen LogP contribution in [-0.4, -0.2) is 32.6 Å². The highest BCUT2D eigenvalue weighted by molar-refractivity contribution is 5.19. The van der Waals surface area contributed by atoms with E-state index in [1.807, 2.05) is 0 Å². The van der Waals surface area contributed by atoms with Gasteiger partial charge in [0.05, 0.1) is 12.1 Å². The third-order valence-electron chi connectivity index (χ3n) is 2.17. The molecule has 1 aromatic rings. The zero-order chi connectivity index (χ0) is 9.42. The predicted octanol–water partition coefficient (Wildman–Crippen LogP) is -2.03. The summed E-state index contributed by atoms with van der Waals surface area (Å²) in [4.78, 5) is 0. The third kappa shape index (κ3) is 1.31. The molecule has 1 saturated heterocycles. The molecular weight excluding hydrogens is 172 g/mol. The summed E-state index contributed by atoms with van der Waals surface area (Å²) in [5, 5.41) is 19.8. The largest absolute Gasteiger partial charge is 0.392 e. The lowest BCUT2D eigenvalue weighted by molar-refractivity contribution is 0.193. The van der Waals surface area contributed by atoms with E-state index >= 15 is 0 Å². The van der Waals surface area contributed by atoms with Gasteiger partial charge in [0, 0.05) is 6.54 Å². The van der Waals surface area contributed by atoms with Crippen molar-refractivity contribution in [3.05, 3.63) is 5.82 Å². The van der Waals surface area contributed by atoms with Gasteiger partial charge in [0.2, 0.25) is 5.95 Å². The standard InChI is InChI=1S/C6H12N6O/c7-6-11-10-5(12(6)8)4-1-3(13)2-9-4/h3-4,9,13H,1-2,8H2,(H2,7,11)/t3-,4-/m0/s1. The lowest BCUT2D eigenvalue weighted by atomic mass is 10.2. The molecule has 2 atom stereocenters. The molecule has 1 aliphatic rings. The van der Waals surface area contributed by atoms with E-state index in [-0.39, 0.29) is 18.1 Å². The first-order valence-electron chi connectivity index (χ1n) is 4.06. The molecule has 7 nitrogen and oxygen atoms in total. The summed E-state index contributed by atoms with van der Waals surface area (Å²) in [7, 11) is 0. The molecular formula is C6H12N6O. The first-order chi connectivity index (χ1) is 6.18. The van der Waals surface area contributed by atoms with Gasteiger partial charge in [0.15, 0.2) is 5.82 Å². The maximum absolute atomic E-state index is 9.27. The van der Waals surface area contributed by atoms with E-state index in [9.17, 15) is 5.11 Å². The van der Waals surface area contributed by atoms with Crippen LogP contribution in [0.15, 0.2) is 0 Å². The van der Waals surface area contributed by atoms with Crippen LogP contribution in [-0.2, 0) is 0 Å². The van der Waals surface area contributed by atoms with E-state index in [0.29, 0.717) is 18.8 Å². The van der Waals surface area contributed by atoms with E-state index in [1.54, 1.807) is 0 Å². The minimum Gasteiger partial charge on any atom is -0.392 e. The molecule has 6 N–H and O–H groups in total. The number of nitrogens with one attached hydrogen (secondary N) is 1. The van der Waals surface area contributed by atoms with Gasteiger partial charge in [-0.1, -0.05) is 0 Å². The second-order valence-corrected chi connectivity index (χ2v) is 3.14. The second-order valence-electron chi connectivity index (χ2n) is 3.14. The molecule has 1 fully saturated rings. The van der Waals surface area contributed by atoms with E-state index in [1.165, 1.54) is 4.68 Å². The number of rotatable bonds is 1. The van der Waals surface area contributed by atoms with Gasteiger partial charge in [-0.3, -0.25) is 0 Å². The van der Waals surface area contributed by atoms with Crippen LogP contribution in [0.3, 0.4) is 0 Å². The van der Waals surface area contributed by atoms with Crippen molar-refractivity contribution in [2.45, 2.75) is 18.6 Å². The normalized spacial score (nSPS) is 28.1. The summed E-state index contributed by atoms with van der Waals surface area (Å²) in [6.07, 6.45) is 0.248. The summed E-state index contributed by atoms with van der Waals surface area (Å²) >= 11 is 0. The molecule has 0 spiro atoms. The molecule has 13 heavy (non-hydrogen) atoms. The number of hydrogen-bond donors (Lipinski definition) is 4. The summed E-state index contributed by atoms with van der Waals surface area (Å²) in [5.74, 6) is 6.32. The minimum atomic E-state index is -0.345. The Hall–Kier alpha value is -1.34. The molecule has 0 unspecified atom stereocenters. The maximum Gasteiger partial charge on any atom is 0.240 e. The van der Waals surface area contributed by atoms with Crippen molar-refractivity contribution in [3.8, 4) is 0 Å². The molecule has 0 aliphatic carbocycles. The Bertz CT molecular complexity index is 310. The van der Waals surface area contributed by atoms with Crippen molar-refractivity contribution in [2.75, 3.05) is 18.1 Å². The Kier molecular flexibility index (Phi) is 1.82. The van der Waals surface area contributed by atoms with Gasteiger partial charge in [-0.15, -0.1) is 10.2 Å². The van der Waals surface area contributed by atoms with Gasteiger partial charge in [0.1, 0.15) is 0 Å². The Morgan fingerprint density at radius 1 is 1.54 bits per heavy atom. The van der Waals surface area contributed by atoms with Crippen LogP contribution in [0.5, 0.6) is 0 Å². The molecule has 72 valence electrons. The van der Waals surface area contributed by atoms with Crippen molar-refractivity contribution in [1.29, 1.82) is 0 Å².